The predicted octanol–water partition coefficient (Wildman–Crippen LogP) is 4.13. The van der Waals surface area contributed by atoms with Crippen LogP contribution in [0.1, 0.15) is 11.1 Å². The van der Waals surface area contributed by atoms with Crippen LogP contribution in [0.25, 0.3) is 21.5 Å². The maximum Gasteiger partial charge on any atom is 2.00 e. The molecule has 0 heterocycles. The second kappa shape index (κ2) is 23.8. The van der Waals surface area contributed by atoms with Gasteiger partial charge in [0, 0.05) is 20.8 Å². The van der Waals surface area contributed by atoms with E-state index in [4.69, 9.17) is 23.2 Å². The minimum absolute atomic E-state index is 0. The molecule has 0 aromatic heterocycles. The first-order valence-corrected chi connectivity index (χ1v) is 26.0. The van der Waals surface area contributed by atoms with Crippen molar-refractivity contribution >= 4 is 265 Å². The van der Waals surface area contributed by atoms with Crippen molar-refractivity contribution < 1.29 is 88.0 Å². The number of aromatic hydroxyl groups is 2. The van der Waals surface area contributed by atoms with Gasteiger partial charge in [0.2, 0.25) is 0 Å². The summed E-state index contributed by atoms with van der Waals surface area (Å²) in [5, 5.41) is 34.2. The number of azo groups is 2. The smallest absolute Gasteiger partial charge is 0.744 e. The van der Waals surface area contributed by atoms with Gasteiger partial charge >= 0.3 is 136 Å². The van der Waals surface area contributed by atoms with Crippen LogP contribution in [0.15, 0.2) is 123 Å². The molecule has 0 bridgehead atoms. The standard InChI is InChI=1S/2C17H13ClN2O10S3.3Sr/c2*1-8-4-14(32(25,26)27)13(7-12(8)18)19-20-16-11-3-2-10(31(22,23)24)5-9(11)6-15(17(16)21)33(28,29)30;;;/h2*2-7,21H,1H3,(H,22,23,24)(H,25,26,27)(H,28,29,30);;;/q;;3*+2/p-6. The van der Waals surface area contributed by atoms with E-state index in [0.717, 1.165) is 60.7 Å². The molecule has 35 heteroatoms. The molecule has 2 N–H and O–H groups in total. The van der Waals surface area contributed by atoms with Crippen LogP contribution >= 0.6 is 23.2 Å². The molecule has 0 atom stereocenters. The molecule has 6 aromatic rings. The Hall–Kier alpha value is -0.878. The first kappa shape index (κ1) is 64.2. The minimum Gasteiger partial charge on any atom is -0.744 e. The summed E-state index contributed by atoms with van der Waals surface area (Å²) >= 11 is 11.9. The summed E-state index contributed by atoms with van der Waals surface area (Å²) in [6.45, 7) is 2.84. The molecule has 0 amide bonds. The topological polar surface area (TPSA) is 433 Å². The zero-order valence-electron chi connectivity index (χ0n) is 34.3. The number of aryl methyl sites for hydroxylation is 2. The van der Waals surface area contributed by atoms with Gasteiger partial charge in [-0.25, -0.2) is 50.5 Å². The molecule has 0 aliphatic carbocycles. The van der Waals surface area contributed by atoms with Gasteiger partial charge in [0.05, 0.1) is 29.4 Å². The maximum atomic E-state index is 11.6. The second-order valence-electron chi connectivity index (χ2n) is 13.2. The molecule has 0 fully saturated rings. The Kier molecular flexibility index (Phi) is 22.1. The van der Waals surface area contributed by atoms with Gasteiger partial charge in [0.15, 0.2) is 11.5 Å². The van der Waals surface area contributed by atoms with Gasteiger partial charge in [-0.1, -0.05) is 35.3 Å². The van der Waals surface area contributed by atoms with E-state index in [0.29, 0.717) is 12.1 Å². The van der Waals surface area contributed by atoms with Gasteiger partial charge in [0.25, 0.3) is 0 Å². The zero-order chi connectivity index (χ0) is 49.9. The van der Waals surface area contributed by atoms with Crippen LogP contribution in [0, 0.1) is 13.8 Å². The van der Waals surface area contributed by atoms with Crippen molar-refractivity contribution in [1.82, 2.24) is 0 Å². The fraction of sp³-hybridized carbons (Fsp3) is 0.0588. The van der Waals surface area contributed by atoms with Crippen LogP contribution in [0.2, 0.25) is 10.0 Å². The normalized spacial score (nSPS) is 12.6. The largest absolute Gasteiger partial charge is 2.00 e. The first-order chi connectivity index (χ1) is 30.0. The molecule has 0 saturated carbocycles. The molecule has 0 radical (unpaired) electrons. The summed E-state index contributed by atoms with van der Waals surface area (Å²) < 4.78 is 207. The predicted molar refractivity (Wildman–Crippen MR) is 237 cm³/mol. The summed E-state index contributed by atoms with van der Waals surface area (Å²) in [6.07, 6.45) is 0. The number of phenols is 2. The zero-order valence-corrected chi connectivity index (χ0v) is 51.1. The van der Waals surface area contributed by atoms with E-state index in [1.54, 1.807) is 0 Å². The van der Waals surface area contributed by atoms with Crippen LogP contribution in [0.5, 0.6) is 11.5 Å². The molecule has 352 valence electrons. The molecule has 6 rings (SSSR count). The van der Waals surface area contributed by atoms with Gasteiger partial charge in [-0.3, -0.25) is 0 Å². The van der Waals surface area contributed by atoms with Crippen LogP contribution in [0.3, 0.4) is 0 Å². The SMILES string of the molecule is Cc1cc(S(=O)(=O)[O-])c(N=Nc2c(O)c(S(=O)(=O)[O-])cc3cc(S(=O)(=O)[O-])ccc23)cc1Cl.Cc1cc(S(=O)(=O)[O-])c(N=Nc2c(O)c(S(=O)(=O)[O-])cc3cc(S(=O)(=O)[O-])ccc23)cc1Cl.[Sr+2].[Sr+2].[Sr+2]. The molecule has 0 aliphatic rings. The fourth-order valence-corrected chi connectivity index (χ4v) is 9.50. The van der Waals surface area contributed by atoms with E-state index in [1.165, 1.54) is 13.8 Å². The van der Waals surface area contributed by atoms with Crippen LogP contribution in [-0.4, -0.2) is 224 Å². The van der Waals surface area contributed by atoms with E-state index in [9.17, 15) is 88.0 Å². The number of hydrogen-bond donors (Lipinski definition) is 2. The minimum atomic E-state index is -5.32. The number of hydrogen-bond acceptors (Lipinski definition) is 24. The number of halogens is 2. The number of phenolic OH excluding ortho intramolecular Hbond substituents is 2. The number of fused-ring (bicyclic) bond motifs is 2. The Bertz CT molecular complexity index is 3600. The quantitative estimate of drug-likeness (QED) is 0.111. The van der Waals surface area contributed by atoms with Gasteiger partial charge < -0.3 is 37.5 Å². The van der Waals surface area contributed by atoms with E-state index < -0.39 is 124 Å². The molecule has 69 heavy (non-hydrogen) atoms. The van der Waals surface area contributed by atoms with Crippen LogP contribution in [0.4, 0.5) is 22.7 Å². The third-order valence-corrected chi connectivity index (χ3v) is 14.6. The summed E-state index contributed by atoms with van der Waals surface area (Å²) in [5.74, 6) is -2.35. The Morgan fingerprint density at radius 1 is 0.406 bits per heavy atom. The van der Waals surface area contributed by atoms with Gasteiger partial charge in [-0.15, -0.1) is 20.5 Å². The Labute approximate surface area is 513 Å². The Morgan fingerprint density at radius 3 is 0.957 bits per heavy atom. The molecule has 0 spiro atoms. The average molecular weight is 1330 g/mol. The summed E-state index contributed by atoms with van der Waals surface area (Å²) in [5.41, 5.74) is -2.01. The second-order valence-corrected chi connectivity index (χ2v) is 22.1. The average Bonchev–Trinajstić information content (AvgIpc) is 3.16. The molecule has 24 nitrogen and oxygen atoms in total. The van der Waals surface area contributed by atoms with Gasteiger partial charge in [0.1, 0.15) is 83.5 Å². The molecular formula is C34H20Cl2N4O20S6Sr3. The third-order valence-electron chi connectivity index (χ3n) is 8.70. The van der Waals surface area contributed by atoms with Crippen molar-refractivity contribution in [3.8, 4) is 11.5 Å². The Morgan fingerprint density at radius 2 is 0.696 bits per heavy atom. The maximum absolute atomic E-state index is 11.6. The van der Waals surface area contributed by atoms with E-state index in [1.807, 2.05) is 0 Å². The fourth-order valence-electron chi connectivity index (χ4n) is 5.61. The number of rotatable bonds is 10. The van der Waals surface area contributed by atoms with E-state index >= 15 is 0 Å². The van der Waals surface area contributed by atoms with Gasteiger partial charge in [-0.2, -0.15) is 0 Å². The van der Waals surface area contributed by atoms with Gasteiger partial charge in [-0.05, 0) is 96.4 Å². The monoisotopic (exact) mass is 1330 g/mol. The number of benzene rings is 6. The molecular weight excluding hydrogens is 1310 g/mol. The van der Waals surface area contributed by atoms with Crippen molar-refractivity contribution in [3.63, 3.8) is 0 Å². The summed E-state index contributed by atoms with van der Waals surface area (Å²) in [7, 11) is -30.7. The number of nitrogens with zero attached hydrogens (tertiary/aromatic N) is 4. The summed E-state index contributed by atoms with van der Waals surface area (Å²) in [6, 6.07) is 10.3. The first-order valence-electron chi connectivity index (χ1n) is 16.8. The molecule has 0 saturated heterocycles. The third kappa shape index (κ3) is 15.6. The summed E-state index contributed by atoms with van der Waals surface area (Å²) in [4.78, 5) is -5.56. The van der Waals surface area contributed by atoms with Crippen molar-refractivity contribution in [2.45, 2.75) is 43.2 Å². The van der Waals surface area contributed by atoms with E-state index in [2.05, 4.69) is 20.5 Å². The van der Waals surface area contributed by atoms with Crippen molar-refractivity contribution in [3.05, 3.63) is 94.0 Å². The van der Waals surface area contributed by atoms with Crippen LogP contribution in [-0.2, 0) is 60.7 Å². The van der Waals surface area contributed by atoms with E-state index in [-0.39, 0.29) is 179 Å². The van der Waals surface area contributed by atoms with Crippen molar-refractivity contribution in [1.29, 1.82) is 0 Å². The van der Waals surface area contributed by atoms with Crippen LogP contribution < -0.4 is 0 Å². The molecule has 0 unspecified atom stereocenters. The molecule has 0 aliphatic heterocycles. The Balaban J connectivity index is 0.000000454. The molecule has 6 aromatic carbocycles. The van der Waals surface area contributed by atoms with Crippen molar-refractivity contribution in [2.24, 2.45) is 20.5 Å². The van der Waals surface area contributed by atoms with Crippen molar-refractivity contribution in [2.75, 3.05) is 0 Å².